The largest absolute Gasteiger partial charge is 0.384 e. The predicted molar refractivity (Wildman–Crippen MR) is 134 cm³/mol. The van der Waals surface area contributed by atoms with Crippen molar-refractivity contribution in [1.82, 2.24) is 15.0 Å². The number of aromatic nitrogens is 3. The molecule has 0 spiro atoms. The number of nitrogens with two attached hydrogens (primary N) is 1. The summed E-state index contributed by atoms with van der Waals surface area (Å²) >= 11 is 1.61. The van der Waals surface area contributed by atoms with Crippen LogP contribution < -0.4 is 16.0 Å². The van der Waals surface area contributed by atoms with E-state index in [1.807, 2.05) is 30.3 Å². The molecule has 1 amide bonds. The SMILES string of the molecule is CC(O)C(=O)Nc1cccc(-c2cc3nc(-c4ccc(N)nc4)nc(N4CCOCC4)c3s2)c1. The number of rotatable bonds is 5. The lowest BCUT2D eigenvalue weighted by Crippen LogP contribution is -2.36. The monoisotopic (exact) mass is 476 g/mol. The van der Waals surface area contributed by atoms with Crippen LogP contribution in [0, 0.1) is 0 Å². The van der Waals surface area contributed by atoms with Crippen molar-refractivity contribution >= 4 is 44.8 Å². The second-order valence-corrected chi connectivity index (χ2v) is 9.07. The number of nitrogens with one attached hydrogen (secondary N) is 1. The Morgan fingerprint density at radius 1 is 1.18 bits per heavy atom. The molecule has 1 atom stereocenters. The normalized spacial score (nSPS) is 14.8. The number of thiophene rings is 1. The highest BCUT2D eigenvalue weighted by molar-refractivity contribution is 7.22. The van der Waals surface area contributed by atoms with Crippen molar-refractivity contribution in [2.75, 3.05) is 42.3 Å². The molecule has 1 fully saturated rings. The van der Waals surface area contributed by atoms with Crippen molar-refractivity contribution in [3.05, 3.63) is 48.7 Å². The van der Waals surface area contributed by atoms with Gasteiger partial charge in [-0.3, -0.25) is 4.79 Å². The van der Waals surface area contributed by atoms with E-state index in [2.05, 4.69) is 15.2 Å². The lowest BCUT2D eigenvalue weighted by Gasteiger charge is -2.28. The molecule has 4 N–H and O–H groups in total. The molecule has 34 heavy (non-hydrogen) atoms. The zero-order valence-electron chi connectivity index (χ0n) is 18.6. The molecule has 1 unspecified atom stereocenters. The van der Waals surface area contributed by atoms with Crippen LogP contribution >= 0.6 is 11.3 Å². The number of carbonyl (C=O) groups is 1. The fraction of sp³-hybridized carbons (Fsp3) is 0.250. The summed E-state index contributed by atoms with van der Waals surface area (Å²) in [4.78, 5) is 29.1. The second-order valence-electron chi connectivity index (χ2n) is 8.01. The third-order valence-corrected chi connectivity index (χ3v) is 6.67. The Hall–Kier alpha value is -3.60. The number of anilines is 3. The number of morpholine rings is 1. The molecule has 10 heteroatoms. The fourth-order valence-electron chi connectivity index (χ4n) is 3.71. The minimum absolute atomic E-state index is 0.443. The zero-order valence-corrected chi connectivity index (χ0v) is 19.4. The van der Waals surface area contributed by atoms with Crippen molar-refractivity contribution in [3.63, 3.8) is 0 Å². The van der Waals surface area contributed by atoms with Gasteiger partial charge in [-0.05, 0) is 42.8 Å². The van der Waals surface area contributed by atoms with Crippen LogP contribution in [0.25, 0.3) is 32.0 Å². The number of hydrogen-bond donors (Lipinski definition) is 3. The molecule has 174 valence electrons. The minimum atomic E-state index is -1.08. The first-order valence-corrected chi connectivity index (χ1v) is 11.7. The molecule has 0 bridgehead atoms. The Labute approximate surface area is 200 Å². The number of aliphatic hydroxyl groups excluding tert-OH is 1. The van der Waals surface area contributed by atoms with Gasteiger partial charge in [0.25, 0.3) is 5.91 Å². The maximum atomic E-state index is 11.9. The molecule has 1 aliphatic heterocycles. The van der Waals surface area contributed by atoms with Crippen LogP contribution in [-0.4, -0.2) is 58.4 Å². The van der Waals surface area contributed by atoms with Gasteiger partial charge in [-0.25, -0.2) is 15.0 Å². The number of ether oxygens (including phenoxy) is 1. The standard InChI is InChI=1S/C24H24N6O3S/c1-14(31)24(32)27-17-4-2-3-15(11-17)19-12-18-21(34-19)23(30-7-9-33-10-8-30)29-22(28-18)16-5-6-20(25)26-13-16/h2-6,11-14,31H,7-10H2,1H3,(H2,25,26)(H,27,32). The summed E-state index contributed by atoms with van der Waals surface area (Å²) < 4.78 is 6.53. The van der Waals surface area contributed by atoms with Crippen LogP contribution in [0.5, 0.6) is 0 Å². The Balaban J connectivity index is 1.59. The first-order chi connectivity index (χ1) is 16.5. The van der Waals surface area contributed by atoms with Gasteiger partial charge >= 0.3 is 0 Å². The fourth-order valence-corrected chi connectivity index (χ4v) is 4.82. The van der Waals surface area contributed by atoms with Crippen LogP contribution in [0.1, 0.15) is 6.92 Å². The van der Waals surface area contributed by atoms with E-state index in [0.29, 0.717) is 30.5 Å². The van der Waals surface area contributed by atoms with Crippen molar-refractivity contribution in [1.29, 1.82) is 0 Å². The van der Waals surface area contributed by atoms with Crippen LogP contribution in [-0.2, 0) is 9.53 Å². The van der Waals surface area contributed by atoms with E-state index >= 15 is 0 Å². The lowest BCUT2D eigenvalue weighted by atomic mass is 10.1. The van der Waals surface area contributed by atoms with Gasteiger partial charge in [0.15, 0.2) is 11.6 Å². The molecule has 1 aliphatic rings. The van der Waals surface area contributed by atoms with Crippen molar-refractivity contribution in [2.24, 2.45) is 0 Å². The molecule has 3 aromatic heterocycles. The van der Waals surface area contributed by atoms with E-state index in [1.54, 1.807) is 29.7 Å². The summed E-state index contributed by atoms with van der Waals surface area (Å²) in [5.41, 5.74) is 8.94. The van der Waals surface area contributed by atoms with Crippen LogP contribution in [0.15, 0.2) is 48.7 Å². The summed E-state index contributed by atoms with van der Waals surface area (Å²) in [5.74, 6) is 1.45. The molecule has 0 aliphatic carbocycles. The number of benzene rings is 1. The summed E-state index contributed by atoms with van der Waals surface area (Å²) in [6.45, 7) is 4.23. The molecule has 4 aromatic rings. The average molecular weight is 477 g/mol. The van der Waals surface area contributed by atoms with E-state index in [0.717, 1.165) is 45.1 Å². The number of nitrogen functional groups attached to an aromatic ring is 1. The van der Waals surface area contributed by atoms with E-state index in [-0.39, 0.29) is 0 Å². The molecule has 1 saturated heterocycles. The van der Waals surface area contributed by atoms with Crippen LogP contribution in [0.3, 0.4) is 0 Å². The molecule has 5 rings (SSSR count). The summed E-state index contributed by atoms with van der Waals surface area (Å²) in [6.07, 6.45) is 0.599. The molecular weight excluding hydrogens is 452 g/mol. The van der Waals surface area contributed by atoms with Gasteiger partial charge in [-0.2, -0.15) is 0 Å². The average Bonchev–Trinajstić information content (AvgIpc) is 3.29. The molecule has 9 nitrogen and oxygen atoms in total. The summed E-state index contributed by atoms with van der Waals surface area (Å²) in [5, 5.41) is 12.2. The number of hydrogen-bond acceptors (Lipinski definition) is 9. The quantitative estimate of drug-likeness (QED) is 0.401. The Kier molecular flexibility index (Phi) is 6.10. The minimum Gasteiger partial charge on any atom is -0.384 e. The van der Waals surface area contributed by atoms with E-state index in [9.17, 15) is 9.90 Å². The predicted octanol–water partition coefficient (Wildman–Crippen LogP) is 3.16. The third kappa shape index (κ3) is 4.56. The summed E-state index contributed by atoms with van der Waals surface area (Å²) in [6, 6.07) is 13.2. The zero-order chi connectivity index (χ0) is 23.7. The Morgan fingerprint density at radius 2 is 2.00 bits per heavy atom. The smallest absolute Gasteiger partial charge is 0.252 e. The topological polar surface area (TPSA) is 126 Å². The van der Waals surface area contributed by atoms with E-state index < -0.39 is 12.0 Å². The maximum Gasteiger partial charge on any atom is 0.252 e. The van der Waals surface area contributed by atoms with Gasteiger partial charge in [-0.15, -0.1) is 11.3 Å². The number of pyridine rings is 1. The van der Waals surface area contributed by atoms with Gasteiger partial charge in [0.2, 0.25) is 0 Å². The van der Waals surface area contributed by atoms with Crippen molar-refractivity contribution in [2.45, 2.75) is 13.0 Å². The number of carbonyl (C=O) groups excluding carboxylic acids is 1. The summed E-state index contributed by atoms with van der Waals surface area (Å²) in [7, 11) is 0. The van der Waals surface area contributed by atoms with Crippen molar-refractivity contribution in [3.8, 4) is 21.8 Å². The molecule has 0 radical (unpaired) electrons. The Bertz CT molecular complexity index is 1330. The molecule has 1 aromatic carbocycles. The lowest BCUT2D eigenvalue weighted by molar-refractivity contribution is -0.123. The van der Waals surface area contributed by atoms with Gasteiger partial charge < -0.3 is 25.8 Å². The van der Waals surface area contributed by atoms with Crippen LogP contribution in [0.2, 0.25) is 0 Å². The van der Waals surface area contributed by atoms with Crippen LogP contribution in [0.4, 0.5) is 17.3 Å². The van der Waals surface area contributed by atoms with E-state index in [1.165, 1.54) is 6.92 Å². The molecule has 0 saturated carbocycles. The maximum absolute atomic E-state index is 11.9. The third-order valence-electron chi connectivity index (χ3n) is 5.50. The first-order valence-electron chi connectivity index (χ1n) is 10.9. The van der Waals surface area contributed by atoms with Gasteiger partial charge in [0, 0.05) is 35.4 Å². The Morgan fingerprint density at radius 3 is 2.74 bits per heavy atom. The number of fused-ring (bicyclic) bond motifs is 1. The molecule has 4 heterocycles. The number of nitrogens with zero attached hydrogens (tertiary/aromatic N) is 4. The highest BCUT2D eigenvalue weighted by Crippen LogP contribution is 2.39. The van der Waals surface area contributed by atoms with Gasteiger partial charge in [0.05, 0.1) is 23.4 Å². The first kappa shape index (κ1) is 22.2. The van der Waals surface area contributed by atoms with Gasteiger partial charge in [0.1, 0.15) is 11.9 Å². The number of amides is 1. The highest BCUT2D eigenvalue weighted by Gasteiger charge is 2.21. The number of aliphatic hydroxyl groups is 1. The highest BCUT2D eigenvalue weighted by atomic mass is 32.1. The molecular formula is C24H24N6O3S. The van der Waals surface area contributed by atoms with Gasteiger partial charge in [-0.1, -0.05) is 12.1 Å². The second kappa shape index (κ2) is 9.34. The van der Waals surface area contributed by atoms with E-state index in [4.69, 9.17) is 20.4 Å². The van der Waals surface area contributed by atoms with Crippen molar-refractivity contribution < 1.29 is 14.6 Å².